The summed E-state index contributed by atoms with van der Waals surface area (Å²) in [5, 5.41) is 0. The first kappa shape index (κ1) is 10.0. The molecule has 0 saturated heterocycles. The second-order valence-electron chi connectivity index (χ2n) is 1.75. The molecule has 0 atom stereocenters. The van der Waals surface area contributed by atoms with Crippen LogP contribution >= 0.6 is 0 Å². The Kier molecular flexibility index (Phi) is 5.79. The Hall–Kier alpha value is 0.0200. The minimum atomic E-state index is 0. The third-order valence-corrected chi connectivity index (χ3v) is 1.05. The van der Waals surface area contributed by atoms with Gasteiger partial charge in [-0.1, -0.05) is 18.2 Å². The van der Waals surface area contributed by atoms with E-state index in [9.17, 15) is 0 Å². The minimum absolute atomic E-state index is 0. The Morgan fingerprint density at radius 2 is 1.80 bits per heavy atom. The SMILES string of the molecule is CCOc1ccccc1.[Na]. The van der Waals surface area contributed by atoms with Crippen molar-refractivity contribution in [3.05, 3.63) is 30.3 Å². The summed E-state index contributed by atoms with van der Waals surface area (Å²) in [6.07, 6.45) is 0. The van der Waals surface area contributed by atoms with E-state index in [2.05, 4.69) is 0 Å². The molecule has 1 radical (unpaired) electrons. The van der Waals surface area contributed by atoms with Gasteiger partial charge in [0, 0.05) is 29.6 Å². The van der Waals surface area contributed by atoms with Crippen LogP contribution in [0.15, 0.2) is 30.3 Å². The monoisotopic (exact) mass is 145 g/mol. The van der Waals surface area contributed by atoms with Gasteiger partial charge in [0.2, 0.25) is 0 Å². The Bertz CT molecular complexity index is 162. The molecule has 0 bridgehead atoms. The Morgan fingerprint density at radius 3 is 2.30 bits per heavy atom. The van der Waals surface area contributed by atoms with Gasteiger partial charge in [0.1, 0.15) is 5.75 Å². The molecular weight excluding hydrogens is 135 g/mol. The van der Waals surface area contributed by atoms with Crippen LogP contribution in [-0.4, -0.2) is 36.2 Å². The van der Waals surface area contributed by atoms with Crippen molar-refractivity contribution in [2.75, 3.05) is 6.61 Å². The molecule has 0 unspecified atom stereocenters. The first-order valence-electron chi connectivity index (χ1n) is 3.11. The van der Waals surface area contributed by atoms with E-state index in [0.29, 0.717) is 0 Å². The number of benzene rings is 1. The van der Waals surface area contributed by atoms with E-state index in [0.717, 1.165) is 12.4 Å². The van der Waals surface area contributed by atoms with Gasteiger partial charge in [-0.2, -0.15) is 0 Å². The van der Waals surface area contributed by atoms with Crippen LogP contribution in [0.2, 0.25) is 0 Å². The average Bonchev–Trinajstić information content (AvgIpc) is 1.91. The second kappa shape index (κ2) is 5.78. The average molecular weight is 145 g/mol. The molecule has 1 nitrogen and oxygen atoms in total. The van der Waals surface area contributed by atoms with Crippen molar-refractivity contribution in [1.82, 2.24) is 0 Å². The summed E-state index contributed by atoms with van der Waals surface area (Å²) in [4.78, 5) is 0. The number of hydrogen-bond donors (Lipinski definition) is 0. The van der Waals surface area contributed by atoms with Gasteiger partial charge >= 0.3 is 0 Å². The van der Waals surface area contributed by atoms with Crippen LogP contribution in [-0.2, 0) is 0 Å². The smallest absolute Gasteiger partial charge is 0.119 e. The fourth-order valence-electron chi connectivity index (χ4n) is 0.683. The van der Waals surface area contributed by atoms with Crippen LogP contribution in [0.1, 0.15) is 6.92 Å². The molecular formula is C8H10NaO. The third kappa shape index (κ3) is 3.25. The van der Waals surface area contributed by atoms with Gasteiger partial charge in [0.05, 0.1) is 6.61 Å². The quantitative estimate of drug-likeness (QED) is 0.575. The van der Waals surface area contributed by atoms with E-state index < -0.39 is 0 Å². The molecule has 0 aliphatic carbocycles. The molecule has 0 spiro atoms. The fraction of sp³-hybridized carbons (Fsp3) is 0.250. The van der Waals surface area contributed by atoms with E-state index in [1.807, 2.05) is 37.3 Å². The number of para-hydroxylation sites is 1. The van der Waals surface area contributed by atoms with Gasteiger partial charge in [-0.3, -0.25) is 0 Å². The van der Waals surface area contributed by atoms with Gasteiger partial charge in [0.25, 0.3) is 0 Å². The predicted octanol–water partition coefficient (Wildman–Crippen LogP) is 1.70. The van der Waals surface area contributed by atoms with Gasteiger partial charge < -0.3 is 4.74 Å². The zero-order valence-electron chi connectivity index (χ0n) is 6.50. The van der Waals surface area contributed by atoms with Gasteiger partial charge in [-0.15, -0.1) is 0 Å². The predicted molar refractivity (Wildman–Crippen MR) is 43.4 cm³/mol. The molecule has 10 heavy (non-hydrogen) atoms. The number of rotatable bonds is 2. The van der Waals surface area contributed by atoms with Crippen LogP contribution in [0.3, 0.4) is 0 Å². The third-order valence-electron chi connectivity index (χ3n) is 1.05. The molecule has 1 rings (SSSR count). The summed E-state index contributed by atoms with van der Waals surface area (Å²) in [6.45, 7) is 2.72. The molecule has 1 aromatic rings. The first-order valence-corrected chi connectivity index (χ1v) is 3.11. The standard InChI is InChI=1S/C8H10O.Na/c1-2-9-8-6-4-3-5-7-8;/h3-7H,2H2,1H3;. The van der Waals surface area contributed by atoms with Crippen molar-refractivity contribution >= 4 is 29.6 Å². The largest absolute Gasteiger partial charge is 0.494 e. The maximum absolute atomic E-state index is 5.21. The van der Waals surface area contributed by atoms with E-state index in [4.69, 9.17) is 4.74 Å². The number of ether oxygens (including phenoxy) is 1. The molecule has 0 aliphatic rings. The summed E-state index contributed by atoms with van der Waals surface area (Å²) >= 11 is 0. The van der Waals surface area contributed by atoms with Crippen LogP contribution in [0.5, 0.6) is 5.75 Å². The van der Waals surface area contributed by atoms with Crippen molar-refractivity contribution < 1.29 is 4.74 Å². The molecule has 0 amide bonds. The van der Waals surface area contributed by atoms with Crippen molar-refractivity contribution in [2.24, 2.45) is 0 Å². The maximum atomic E-state index is 5.21. The van der Waals surface area contributed by atoms with Crippen LogP contribution < -0.4 is 4.74 Å². The molecule has 0 saturated carbocycles. The Morgan fingerprint density at radius 1 is 1.20 bits per heavy atom. The fourth-order valence-corrected chi connectivity index (χ4v) is 0.683. The Labute approximate surface area is 83.7 Å². The first-order chi connectivity index (χ1) is 4.43. The summed E-state index contributed by atoms with van der Waals surface area (Å²) in [5.41, 5.74) is 0. The van der Waals surface area contributed by atoms with Crippen LogP contribution in [0.4, 0.5) is 0 Å². The van der Waals surface area contributed by atoms with Crippen molar-refractivity contribution in [3.63, 3.8) is 0 Å². The second-order valence-corrected chi connectivity index (χ2v) is 1.75. The number of hydrogen-bond acceptors (Lipinski definition) is 1. The molecule has 0 N–H and O–H groups in total. The van der Waals surface area contributed by atoms with E-state index in [1.54, 1.807) is 0 Å². The molecule has 1 aromatic carbocycles. The normalized spacial score (nSPS) is 8.10. The zero-order valence-corrected chi connectivity index (χ0v) is 8.50. The topological polar surface area (TPSA) is 9.23 Å². The summed E-state index contributed by atoms with van der Waals surface area (Å²) < 4.78 is 5.21. The molecule has 0 fully saturated rings. The van der Waals surface area contributed by atoms with Gasteiger partial charge in [-0.05, 0) is 19.1 Å². The van der Waals surface area contributed by atoms with Crippen LogP contribution in [0, 0.1) is 0 Å². The van der Waals surface area contributed by atoms with E-state index >= 15 is 0 Å². The summed E-state index contributed by atoms with van der Waals surface area (Å²) in [5.74, 6) is 0.944. The van der Waals surface area contributed by atoms with E-state index in [1.165, 1.54) is 0 Å². The van der Waals surface area contributed by atoms with Crippen molar-refractivity contribution in [3.8, 4) is 5.75 Å². The van der Waals surface area contributed by atoms with Gasteiger partial charge in [-0.25, -0.2) is 0 Å². The molecule has 0 aromatic heterocycles. The van der Waals surface area contributed by atoms with Crippen LogP contribution in [0.25, 0.3) is 0 Å². The van der Waals surface area contributed by atoms with Gasteiger partial charge in [0.15, 0.2) is 0 Å². The Balaban J connectivity index is 0.000000810. The van der Waals surface area contributed by atoms with Crippen molar-refractivity contribution in [1.29, 1.82) is 0 Å². The maximum Gasteiger partial charge on any atom is 0.119 e. The molecule has 49 valence electrons. The summed E-state index contributed by atoms with van der Waals surface area (Å²) in [7, 11) is 0. The van der Waals surface area contributed by atoms with E-state index in [-0.39, 0.29) is 29.6 Å². The zero-order chi connectivity index (χ0) is 6.53. The molecule has 0 heterocycles. The molecule has 2 heteroatoms. The van der Waals surface area contributed by atoms with Crippen molar-refractivity contribution in [2.45, 2.75) is 6.92 Å². The molecule has 0 aliphatic heterocycles. The summed E-state index contributed by atoms with van der Waals surface area (Å²) in [6, 6.07) is 9.80. The minimum Gasteiger partial charge on any atom is -0.494 e.